The van der Waals surface area contributed by atoms with E-state index >= 15 is 0 Å². The number of unbranched alkanes of at least 4 members (excludes halogenated alkanes) is 14. The molecule has 0 radical (unpaired) electrons. The van der Waals surface area contributed by atoms with Crippen molar-refractivity contribution in [3.63, 3.8) is 0 Å². The SMILES string of the molecule is CCCCC/C=C\C/C=C\C/C=C\C/C=C\CCCC(=O)O[C@@H](CO)COC(=O)CCCCCCCCC/C=C\C/C=C\CCCCC. The minimum Gasteiger partial charge on any atom is -0.462 e. The minimum absolute atomic E-state index is 0.0953. The van der Waals surface area contributed by atoms with Gasteiger partial charge in [0.2, 0.25) is 0 Å². The van der Waals surface area contributed by atoms with E-state index in [0.29, 0.717) is 12.8 Å². The lowest BCUT2D eigenvalue weighted by molar-refractivity contribution is -0.161. The van der Waals surface area contributed by atoms with Gasteiger partial charge in [-0.2, -0.15) is 0 Å². The van der Waals surface area contributed by atoms with Crippen molar-refractivity contribution in [2.24, 2.45) is 0 Å². The highest BCUT2D eigenvalue weighted by molar-refractivity contribution is 5.70. The number of hydrogen-bond acceptors (Lipinski definition) is 5. The summed E-state index contributed by atoms with van der Waals surface area (Å²) in [5.41, 5.74) is 0. The zero-order valence-corrected chi connectivity index (χ0v) is 31.0. The molecule has 0 fully saturated rings. The van der Waals surface area contributed by atoms with Crippen molar-refractivity contribution in [2.45, 2.75) is 174 Å². The normalized spacial score (nSPS) is 13.0. The topological polar surface area (TPSA) is 72.8 Å². The van der Waals surface area contributed by atoms with Gasteiger partial charge in [0.05, 0.1) is 6.61 Å². The summed E-state index contributed by atoms with van der Waals surface area (Å²) in [4.78, 5) is 24.2. The number of rotatable bonds is 34. The van der Waals surface area contributed by atoms with Crippen LogP contribution in [0.2, 0.25) is 0 Å². The van der Waals surface area contributed by atoms with Gasteiger partial charge in [-0.05, 0) is 83.5 Å². The number of allylic oxidation sites excluding steroid dienone is 12. The summed E-state index contributed by atoms with van der Waals surface area (Å²) in [5, 5.41) is 9.54. The Morgan fingerprint density at radius 3 is 1.31 bits per heavy atom. The van der Waals surface area contributed by atoms with Crippen LogP contribution in [-0.2, 0) is 19.1 Å². The number of hydrogen-bond donors (Lipinski definition) is 1. The van der Waals surface area contributed by atoms with Crippen molar-refractivity contribution in [3.05, 3.63) is 72.9 Å². The lowest BCUT2D eigenvalue weighted by Gasteiger charge is -2.15. The molecule has 0 aromatic carbocycles. The number of esters is 2. The van der Waals surface area contributed by atoms with Gasteiger partial charge in [0.1, 0.15) is 6.61 Å². The van der Waals surface area contributed by atoms with Gasteiger partial charge < -0.3 is 14.6 Å². The smallest absolute Gasteiger partial charge is 0.306 e. The molecule has 0 saturated heterocycles. The lowest BCUT2D eigenvalue weighted by atomic mass is 10.1. The molecule has 5 heteroatoms. The van der Waals surface area contributed by atoms with Crippen molar-refractivity contribution in [3.8, 4) is 0 Å². The van der Waals surface area contributed by atoms with Crippen molar-refractivity contribution in [1.29, 1.82) is 0 Å². The Bertz CT molecular complexity index is 895. The average Bonchev–Trinajstić information content (AvgIpc) is 3.09. The van der Waals surface area contributed by atoms with Gasteiger partial charge in [-0.1, -0.05) is 145 Å². The maximum Gasteiger partial charge on any atom is 0.306 e. The molecule has 0 saturated carbocycles. The average molecular weight is 669 g/mol. The molecule has 1 N–H and O–H groups in total. The van der Waals surface area contributed by atoms with E-state index in [-0.39, 0.29) is 31.6 Å². The molecule has 48 heavy (non-hydrogen) atoms. The van der Waals surface area contributed by atoms with E-state index in [4.69, 9.17) is 9.47 Å². The van der Waals surface area contributed by atoms with E-state index in [2.05, 4.69) is 86.8 Å². The van der Waals surface area contributed by atoms with Crippen LogP contribution in [0, 0.1) is 0 Å². The molecule has 5 nitrogen and oxygen atoms in total. The Labute approximate surface area is 295 Å². The molecule has 0 aromatic rings. The largest absolute Gasteiger partial charge is 0.462 e. The number of carbonyl (C=O) groups is 2. The van der Waals surface area contributed by atoms with Crippen LogP contribution < -0.4 is 0 Å². The van der Waals surface area contributed by atoms with Crippen LogP contribution in [0.15, 0.2) is 72.9 Å². The van der Waals surface area contributed by atoms with Gasteiger partial charge in [0.15, 0.2) is 6.10 Å². The summed E-state index contributed by atoms with van der Waals surface area (Å²) in [6, 6.07) is 0. The van der Waals surface area contributed by atoms with E-state index in [1.54, 1.807) is 0 Å². The zero-order valence-electron chi connectivity index (χ0n) is 31.0. The van der Waals surface area contributed by atoms with Crippen LogP contribution >= 0.6 is 0 Å². The molecule has 1 atom stereocenters. The first-order valence-corrected chi connectivity index (χ1v) is 19.5. The molecular weight excluding hydrogens is 596 g/mol. The highest BCUT2D eigenvalue weighted by atomic mass is 16.6. The fourth-order valence-corrected chi connectivity index (χ4v) is 4.99. The first-order chi connectivity index (χ1) is 23.6. The number of aliphatic hydroxyl groups excluding tert-OH is 1. The third-order valence-electron chi connectivity index (χ3n) is 7.97. The van der Waals surface area contributed by atoms with Gasteiger partial charge >= 0.3 is 11.9 Å². The third-order valence-corrected chi connectivity index (χ3v) is 7.97. The van der Waals surface area contributed by atoms with Gasteiger partial charge in [0.25, 0.3) is 0 Å². The zero-order chi connectivity index (χ0) is 35.0. The second kappa shape index (κ2) is 38.8. The number of ether oxygens (including phenoxy) is 2. The predicted molar refractivity (Wildman–Crippen MR) is 205 cm³/mol. The minimum atomic E-state index is -0.806. The first kappa shape index (κ1) is 45.3. The molecule has 0 unspecified atom stereocenters. The van der Waals surface area contributed by atoms with E-state index in [1.165, 1.54) is 77.0 Å². The first-order valence-electron chi connectivity index (χ1n) is 19.5. The molecule has 0 bridgehead atoms. The fraction of sp³-hybridized carbons (Fsp3) is 0.674. The van der Waals surface area contributed by atoms with Crippen LogP contribution in [0.1, 0.15) is 168 Å². The molecule has 0 heterocycles. The van der Waals surface area contributed by atoms with E-state index in [9.17, 15) is 14.7 Å². The molecule has 0 amide bonds. The van der Waals surface area contributed by atoms with Crippen molar-refractivity contribution < 1.29 is 24.2 Å². The standard InChI is InChI=1S/C43H72O5/c1-3-5-7-9-11-13-15-17-19-21-23-25-27-29-31-33-35-37-42(45)47-40-41(39-44)48-43(46)38-36-34-32-30-28-26-24-22-20-18-16-14-12-10-8-6-4-2/h11-14,17-20,24,26,30,32,41,44H,3-10,15-16,21-23,25,27-29,31,33-40H2,1-2H3/b13-11-,14-12-,19-17-,20-18-,26-24-,32-30-/t41-/m0/s1. The molecule has 0 aliphatic rings. The number of carbonyl (C=O) groups excluding carboxylic acids is 2. The van der Waals surface area contributed by atoms with Crippen LogP contribution in [0.25, 0.3) is 0 Å². The predicted octanol–water partition coefficient (Wildman–Crippen LogP) is 12.2. The highest BCUT2D eigenvalue weighted by Gasteiger charge is 2.15. The molecule has 0 aromatic heterocycles. The fourth-order valence-electron chi connectivity index (χ4n) is 4.99. The van der Waals surface area contributed by atoms with Crippen LogP contribution in [-0.4, -0.2) is 36.4 Å². The van der Waals surface area contributed by atoms with Gasteiger partial charge in [0, 0.05) is 12.8 Å². The van der Waals surface area contributed by atoms with Crippen LogP contribution in [0.4, 0.5) is 0 Å². The number of aliphatic hydroxyl groups is 1. The van der Waals surface area contributed by atoms with Crippen molar-refractivity contribution >= 4 is 11.9 Å². The Balaban J connectivity index is 3.69. The molecule has 274 valence electrons. The molecule has 0 spiro atoms. The Morgan fingerprint density at radius 1 is 0.479 bits per heavy atom. The molecular formula is C43H72O5. The summed E-state index contributed by atoms with van der Waals surface area (Å²) in [7, 11) is 0. The Morgan fingerprint density at radius 2 is 0.854 bits per heavy atom. The monoisotopic (exact) mass is 669 g/mol. The quantitative estimate of drug-likeness (QED) is 0.0420. The molecule has 0 aliphatic carbocycles. The summed E-state index contributed by atoms with van der Waals surface area (Å²) in [5.74, 6) is -0.671. The maximum atomic E-state index is 12.1. The second-order valence-electron chi connectivity index (χ2n) is 12.6. The van der Waals surface area contributed by atoms with Crippen LogP contribution in [0.5, 0.6) is 0 Å². The van der Waals surface area contributed by atoms with Crippen molar-refractivity contribution in [2.75, 3.05) is 13.2 Å². The van der Waals surface area contributed by atoms with Crippen molar-refractivity contribution in [1.82, 2.24) is 0 Å². The summed E-state index contributed by atoms with van der Waals surface area (Å²) in [6.07, 6.45) is 51.0. The molecule has 0 rings (SSSR count). The second-order valence-corrected chi connectivity index (χ2v) is 12.6. The van der Waals surface area contributed by atoms with E-state index in [0.717, 1.165) is 57.8 Å². The van der Waals surface area contributed by atoms with Gasteiger partial charge in [-0.25, -0.2) is 0 Å². The van der Waals surface area contributed by atoms with Crippen LogP contribution in [0.3, 0.4) is 0 Å². The maximum absolute atomic E-state index is 12.1. The summed E-state index contributed by atoms with van der Waals surface area (Å²) < 4.78 is 10.6. The highest BCUT2D eigenvalue weighted by Crippen LogP contribution is 2.11. The van der Waals surface area contributed by atoms with Gasteiger partial charge in [-0.15, -0.1) is 0 Å². The Hall–Kier alpha value is -2.66. The van der Waals surface area contributed by atoms with E-state index in [1.807, 2.05) is 0 Å². The summed E-state index contributed by atoms with van der Waals surface area (Å²) in [6.45, 7) is 4.02. The van der Waals surface area contributed by atoms with E-state index < -0.39 is 6.10 Å². The Kier molecular flexibility index (Phi) is 36.6. The molecule has 0 aliphatic heterocycles. The van der Waals surface area contributed by atoms with Gasteiger partial charge in [-0.3, -0.25) is 9.59 Å². The summed E-state index contributed by atoms with van der Waals surface area (Å²) >= 11 is 0. The third kappa shape index (κ3) is 36.2. The lowest BCUT2D eigenvalue weighted by Crippen LogP contribution is -2.28.